The molecule has 0 rings (SSSR count). The van der Waals surface area contributed by atoms with E-state index >= 15 is 0 Å². The summed E-state index contributed by atoms with van der Waals surface area (Å²) >= 11 is 0. The molecule has 0 spiro atoms. The van der Waals surface area contributed by atoms with Crippen molar-refractivity contribution in [2.45, 2.75) is 0 Å². The van der Waals surface area contributed by atoms with Crippen molar-refractivity contribution in [2.24, 2.45) is 0 Å². The van der Waals surface area contributed by atoms with Crippen LogP contribution in [0.3, 0.4) is 0 Å². The Morgan fingerprint density at radius 3 is 0.727 bits per heavy atom. The van der Waals surface area contributed by atoms with Crippen LogP contribution in [0.5, 0.6) is 0 Å². The average molecular weight is 223 g/mol. The van der Waals surface area contributed by atoms with E-state index < -0.39 is 20.5 Å². The molecule has 0 atom stereocenters. The zero-order chi connectivity index (χ0) is 9.00. The minimum Gasteiger partial charge on any atom is -0.222 e. The predicted octanol–water partition coefficient (Wildman–Crippen LogP) is -11.9. The first kappa shape index (κ1) is 18.1. The van der Waals surface area contributed by atoms with Crippen LogP contribution in [0.2, 0.25) is 0 Å². The molecule has 0 aliphatic carbocycles. The Kier molecular flexibility index (Phi) is 11.1. The van der Waals surface area contributed by atoms with Gasteiger partial charge in [-0.1, -0.05) is 0 Å². The molecule has 0 aromatic carbocycles. The summed E-state index contributed by atoms with van der Waals surface area (Å²) in [7, 11) is -9.64. The van der Waals surface area contributed by atoms with Crippen molar-refractivity contribution in [1.29, 1.82) is 0 Å². The first-order valence-corrected chi connectivity index (χ1v) is 3.75. The summed E-state index contributed by atoms with van der Waals surface area (Å²) < 4.78 is 66.7. The molecular weight excluding hydrogens is 222 g/mol. The summed E-state index contributed by atoms with van der Waals surface area (Å²) in [4.78, 5) is 0. The summed E-state index contributed by atoms with van der Waals surface area (Å²) in [5, 5.41) is 0. The van der Waals surface area contributed by atoms with Gasteiger partial charge in [-0.15, -0.1) is 10.2 Å². The van der Waals surface area contributed by atoms with Crippen LogP contribution in [0.4, 0.5) is 0 Å². The molecule has 1 N–H and O–H groups in total. The van der Waals surface area contributed by atoms with E-state index in [-0.39, 0.29) is 29.6 Å². The third-order valence-electron chi connectivity index (χ3n) is 0. The molecule has 0 bridgehead atoms. The maximum absolute atomic E-state index is 8.60. The molecular formula is HCl2NaO8. The minimum absolute atomic E-state index is 0. The Labute approximate surface area is 87.1 Å². The molecule has 0 aliphatic heterocycles. The Bertz CT molecular complexity index is 55.1. The van der Waals surface area contributed by atoms with Crippen LogP contribution in [-0.2, 0) is 0 Å². The molecule has 64 valence electrons. The van der Waals surface area contributed by atoms with E-state index in [4.69, 9.17) is 37.3 Å². The van der Waals surface area contributed by atoms with E-state index in [2.05, 4.69) is 0 Å². The SMILES string of the molecule is [Na+].[O-][Cl+3]([O-])([O-])O.[O-][Cl+3]([O-])([O-])[O-]. The largest absolute Gasteiger partial charge is 1.00 e. The standard InChI is InChI=1S/2ClHO4.Na/c2*2-1(3,4)5;/h2*(H,2,3,4,5);/q;;+1/p-1. The predicted molar refractivity (Wildman–Crippen MR) is 2.22 cm³/mol. The van der Waals surface area contributed by atoms with Gasteiger partial charge >= 0.3 is 29.6 Å². The van der Waals surface area contributed by atoms with Gasteiger partial charge in [-0.05, 0) is 0 Å². The van der Waals surface area contributed by atoms with E-state index in [1.54, 1.807) is 0 Å². The molecule has 0 unspecified atom stereocenters. The van der Waals surface area contributed by atoms with Crippen LogP contribution in [0.25, 0.3) is 0 Å². The third-order valence-corrected chi connectivity index (χ3v) is 0. The van der Waals surface area contributed by atoms with Gasteiger partial charge in [0.1, 0.15) is 0 Å². The minimum atomic E-state index is -4.94. The fourth-order valence-electron chi connectivity index (χ4n) is 0. The maximum Gasteiger partial charge on any atom is 1.00 e. The fraction of sp³-hybridized carbons (Fsp3) is 0. The molecule has 11 heavy (non-hydrogen) atoms. The van der Waals surface area contributed by atoms with Crippen molar-refractivity contribution in [3.05, 3.63) is 0 Å². The second kappa shape index (κ2) is 6.74. The summed E-state index contributed by atoms with van der Waals surface area (Å²) in [6.45, 7) is 0. The molecule has 0 aromatic heterocycles. The van der Waals surface area contributed by atoms with E-state index in [1.807, 2.05) is 0 Å². The van der Waals surface area contributed by atoms with Gasteiger partial charge in [-0.3, -0.25) is 0 Å². The van der Waals surface area contributed by atoms with Gasteiger partial charge in [-0.2, -0.15) is 14.0 Å². The van der Waals surface area contributed by atoms with Crippen LogP contribution in [0, 0.1) is 20.5 Å². The van der Waals surface area contributed by atoms with Gasteiger partial charge in [-0.25, -0.2) is 18.6 Å². The first-order chi connectivity index (χ1) is 4.00. The molecule has 11 heteroatoms. The quantitative estimate of drug-likeness (QED) is 0.392. The molecule has 8 nitrogen and oxygen atoms in total. The van der Waals surface area contributed by atoms with Crippen LogP contribution < -0.4 is 62.2 Å². The maximum atomic E-state index is 8.60. The van der Waals surface area contributed by atoms with Crippen molar-refractivity contribution >= 4 is 0 Å². The van der Waals surface area contributed by atoms with E-state index in [1.165, 1.54) is 0 Å². The first-order valence-electron chi connectivity index (χ1n) is 1.25. The zero-order valence-corrected chi connectivity index (χ0v) is 8.57. The third kappa shape index (κ3) is 608. The van der Waals surface area contributed by atoms with E-state index in [0.717, 1.165) is 0 Å². The topological polar surface area (TPSA) is 182 Å². The molecule has 0 aliphatic rings. The smallest absolute Gasteiger partial charge is 0.222 e. The van der Waals surface area contributed by atoms with Crippen molar-refractivity contribution in [1.82, 2.24) is 0 Å². The van der Waals surface area contributed by atoms with Crippen LogP contribution >= 0.6 is 0 Å². The van der Waals surface area contributed by atoms with Crippen molar-refractivity contribution in [3.63, 3.8) is 0 Å². The van der Waals surface area contributed by atoms with Gasteiger partial charge in [0.15, 0.2) is 0 Å². The second-order valence-corrected chi connectivity index (χ2v) is 2.32. The zero-order valence-electron chi connectivity index (χ0n) is 5.06. The van der Waals surface area contributed by atoms with Gasteiger partial charge in [0.05, 0.1) is 14.9 Å². The Balaban J connectivity index is -0.000000107. The molecule has 0 amide bonds. The normalized spacial score (nSPS) is 10.9. The Hall–Kier alpha value is 1.26. The van der Waals surface area contributed by atoms with Gasteiger partial charge < -0.3 is 0 Å². The molecule has 0 heterocycles. The summed E-state index contributed by atoms with van der Waals surface area (Å²) in [5.74, 6) is 0. The van der Waals surface area contributed by atoms with Gasteiger partial charge in [0.25, 0.3) is 0 Å². The van der Waals surface area contributed by atoms with Gasteiger partial charge in [0.2, 0.25) is 0 Å². The van der Waals surface area contributed by atoms with Crippen LogP contribution in [-0.4, -0.2) is 4.66 Å². The van der Waals surface area contributed by atoms with E-state index in [9.17, 15) is 0 Å². The number of hydrogen-bond donors (Lipinski definition) is 1. The number of halogens is 2. The molecule has 0 aromatic rings. The molecule has 0 fully saturated rings. The van der Waals surface area contributed by atoms with Crippen molar-refractivity contribution in [2.75, 3.05) is 0 Å². The van der Waals surface area contributed by atoms with Crippen LogP contribution in [0.1, 0.15) is 0 Å². The van der Waals surface area contributed by atoms with Gasteiger partial charge in [0, 0.05) is 0 Å². The Morgan fingerprint density at radius 1 is 0.727 bits per heavy atom. The molecule has 0 saturated carbocycles. The summed E-state index contributed by atoms with van der Waals surface area (Å²) in [5.41, 5.74) is 0. The van der Waals surface area contributed by atoms with Crippen molar-refractivity contribution in [3.8, 4) is 0 Å². The summed E-state index contributed by atoms with van der Waals surface area (Å²) in [6.07, 6.45) is 0. The molecule has 0 radical (unpaired) electrons. The Morgan fingerprint density at radius 2 is 0.727 bits per heavy atom. The molecule has 0 saturated heterocycles. The van der Waals surface area contributed by atoms with Crippen LogP contribution in [0.15, 0.2) is 0 Å². The number of hydrogen-bond acceptors (Lipinski definition) is 8. The average Bonchev–Trinajstić information content (AvgIpc) is 1.12. The number of rotatable bonds is 0. The monoisotopic (exact) mass is 222 g/mol. The second-order valence-electron chi connectivity index (χ2n) is 0.774. The fourth-order valence-corrected chi connectivity index (χ4v) is 0. The summed E-state index contributed by atoms with van der Waals surface area (Å²) in [6, 6.07) is 0. The van der Waals surface area contributed by atoms with E-state index in [0.29, 0.717) is 0 Å². The van der Waals surface area contributed by atoms with Crippen molar-refractivity contribution < 1.29 is 87.3 Å².